The van der Waals surface area contributed by atoms with Crippen LogP contribution in [0.25, 0.3) is 0 Å². The van der Waals surface area contributed by atoms with Gasteiger partial charge in [0.25, 0.3) is 0 Å². The maximum atomic E-state index is 12.9. The second-order valence-electron chi connectivity index (χ2n) is 3.21. The highest BCUT2D eigenvalue weighted by molar-refractivity contribution is 6.31. The normalized spacial score (nSPS) is 12.9. The van der Waals surface area contributed by atoms with Crippen LogP contribution in [0.2, 0.25) is 5.02 Å². The largest absolute Gasteiger partial charge is 0.271 e. The van der Waals surface area contributed by atoms with Crippen molar-refractivity contribution in [1.29, 1.82) is 0 Å². The molecule has 14 heavy (non-hydrogen) atoms. The minimum atomic E-state index is -0.267. The van der Waals surface area contributed by atoms with E-state index in [0.29, 0.717) is 11.4 Å². The van der Waals surface area contributed by atoms with Crippen molar-refractivity contribution in [3.05, 3.63) is 34.6 Å². The van der Waals surface area contributed by atoms with E-state index in [9.17, 15) is 4.39 Å². The Labute approximate surface area is 88.2 Å². The summed E-state index contributed by atoms with van der Waals surface area (Å²) in [6.45, 7) is 2.01. The molecule has 0 spiro atoms. The highest BCUT2D eigenvalue weighted by atomic mass is 35.5. The third-order valence-electron chi connectivity index (χ3n) is 2.20. The Hall–Kier alpha value is -0.640. The number of hydrogen-bond acceptors (Lipinski definition) is 2. The van der Waals surface area contributed by atoms with Crippen molar-refractivity contribution in [2.24, 2.45) is 5.84 Å². The minimum Gasteiger partial charge on any atom is -0.271 e. The lowest BCUT2D eigenvalue weighted by molar-refractivity contribution is 0.509. The van der Waals surface area contributed by atoms with Crippen molar-refractivity contribution >= 4 is 11.6 Å². The van der Waals surface area contributed by atoms with Gasteiger partial charge in [0.2, 0.25) is 0 Å². The Balaban J connectivity index is 2.79. The van der Waals surface area contributed by atoms with Gasteiger partial charge in [-0.25, -0.2) is 4.39 Å². The molecule has 3 N–H and O–H groups in total. The van der Waals surface area contributed by atoms with Crippen molar-refractivity contribution in [3.63, 3.8) is 0 Å². The van der Waals surface area contributed by atoms with Crippen LogP contribution in [0.3, 0.4) is 0 Å². The average Bonchev–Trinajstić information content (AvgIpc) is 2.19. The van der Waals surface area contributed by atoms with Crippen LogP contribution in [0, 0.1) is 5.82 Å². The van der Waals surface area contributed by atoms with E-state index in [1.54, 1.807) is 6.07 Å². The van der Waals surface area contributed by atoms with E-state index >= 15 is 0 Å². The Kier molecular flexibility index (Phi) is 4.32. The van der Waals surface area contributed by atoms with E-state index in [-0.39, 0.29) is 11.9 Å². The molecule has 0 aromatic heterocycles. The Morgan fingerprint density at radius 2 is 2.29 bits per heavy atom. The smallest absolute Gasteiger partial charge is 0.123 e. The molecule has 1 unspecified atom stereocenters. The van der Waals surface area contributed by atoms with E-state index in [1.165, 1.54) is 12.1 Å². The fraction of sp³-hybridized carbons (Fsp3) is 0.400. The monoisotopic (exact) mass is 216 g/mol. The number of nitrogens with two attached hydrogens (primary N) is 1. The molecule has 0 radical (unpaired) electrons. The molecule has 0 aliphatic heterocycles. The summed E-state index contributed by atoms with van der Waals surface area (Å²) >= 11 is 5.92. The van der Waals surface area contributed by atoms with Crippen LogP contribution in [-0.2, 0) is 6.42 Å². The fourth-order valence-corrected chi connectivity index (χ4v) is 1.48. The molecule has 0 aliphatic carbocycles. The lowest BCUT2D eigenvalue weighted by atomic mass is 10.0. The Bertz CT molecular complexity index is 300. The van der Waals surface area contributed by atoms with Crippen LogP contribution in [0.5, 0.6) is 0 Å². The first kappa shape index (κ1) is 11.4. The van der Waals surface area contributed by atoms with Gasteiger partial charge in [-0.2, -0.15) is 0 Å². The first-order valence-electron chi connectivity index (χ1n) is 4.57. The second kappa shape index (κ2) is 5.29. The van der Waals surface area contributed by atoms with Gasteiger partial charge in [0.05, 0.1) is 0 Å². The van der Waals surface area contributed by atoms with Crippen LogP contribution < -0.4 is 11.3 Å². The lowest BCUT2D eigenvalue weighted by Gasteiger charge is -2.14. The van der Waals surface area contributed by atoms with E-state index in [0.717, 1.165) is 12.0 Å². The number of halogens is 2. The predicted octanol–water partition coefficient (Wildman–Crippen LogP) is 2.26. The second-order valence-corrected chi connectivity index (χ2v) is 3.62. The van der Waals surface area contributed by atoms with Gasteiger partial charge in [0.1, 0.15) is 5.82 Å². The predicted molar refractivity (Wildman–Crippen MR) is 56.5 cm³/mol. The molecule has 0 saturated carbocycles. The first-order valence-corrected chi connectivity index (χ1v) is 4.95. The van der Waals surface area contributed by atoms with Gasteiger partial charge in [0, 0.05) is 11.1 Å². The molecule has 4 heteroatoms. The number of hydrogen-bond donors (Lipinski definition) is 2. The molecule has 0 bridgehead atoms. The molecule has 1 atom stereocenters. The van der Waals surface area contributed by atoms with Crippen LogP contribution in [-0.4, -0.2) is 6.04 Å². The number of benzene rings is 1. The quantitative estimate of drug-likeness (QED) is 0.599. The molecule has 1 aromatic carbocycles. The summed E-state index contributed by atoms with van der Waals surface area (Å²) < 4.78 is 12.9. The molecule has 78 valence electrons. The van der Waals surface area contributed by atoms with Crippen molar-refractivity contribution < 1.29 is 4.39 Å². The Morgan fingerprint density at radius 1 is 1.57 bits per heavy atom. The van der Waals surface area contributed by atoms with Gasteiger partial charge >= 0.3 is 0 Å². The highest BCUT2D eigenvalue weighted by Crippen LogP contribution is 2.19. The zero-order valence-electron chi connectivity index (χ0n) is 8.06. The van der Waals surface area contributed by atoms with Gasteiger partial charge in [-0.3, -0.25) is 11.3 Å². The fourth-order valence-electron chi connectivity index (χ4n) is 1.29. The van der Waals surface area contributed by atoms with E-state index < -0.39 is 0 Å². The lowest BCUT2D eigenvalue weighted by Crippen LogP contribution is -2.36. The van der Waals surface area contributed by atoms with Crippen LogP contribution in [0.1, 0.15) is 18.9 Å². The molecule has 2 nitrogen and oxygen atoms in total. The molecule has 1 aromatic rings. The number of nitrogens with one attached hydrogen (secondary N) is 1. The first-order chi connectivity index (χ1) is 6.67. The summed E-state index contributed by atoms with van der Waals surface area (Å²) in [6.07, 6.45) is 1.52. The van der Waals surface area contributed by atoms with E-state index in [2.05, 4.69) is 5.43 Å². The zero-order chi connectivity index (χ0) is 10.6. The molecule has 1 rings (SSSR count). The van der Waals surface area contributed by atoms with Gasteiger partial charge in [0.15, 0.2) is 0 Å². The van der Waals surface area contributed by atoms with Crippen LogP contribution in [0.4, 0.5) is 4.39 Å². The third kappa shape index (κ3) is 2.94. The van der Waals surface area contributed by atoms with Gasteiger partial charge in [-0.15, -0.1) is 0 Å². The van der Waals surface area contributed by atoms with Gasteiger partial charge in [-0.05, 0) is 36.6 Å². The zero-order valence-corrected chi connectivity index (χ0v) is 8.81. The highest BCUT2D eigenvalue weighted by Gasteiger charge is 2.08. The summed E-state index contributed by atoms with van der Waals surface area (Å²) in [5, 5.41) is 0.583. The molecular formula is C10H14ClFN2. The van der Waals surface area contributed by atoms with Gasteiger partial charge < -0.3 is 0 Å². The number of hydrazine groups is 1. The van der Waals surface area contributed by atoms with Crippen LogP contribution >= 0.6 is 11.6 Å². The molecule has 0 aliphatic rings. The van der Waals surface area contributed by atoms with Crippen molar-refractivity contribution in [2.45, 2.75) is 25.8 Å². The standard InChI is InChI=1S/C10H14ClFN2/c1-2-9(14-13)6-7-5-8(12)3-4-10(7)11/h3-5,9,14H,2,6,13H2,1H3. The average molecular weight is 217 g/mol. The maximum Gasteiger partial charge on any atom is 0.123 e. The van der Waals surface area contributed by atoms with E-state index in [4.69, 9.17) is 17.4 Å². The van der Waals surface area contributed by atoms with Crippen molar-refractivity contribution in [2.75, 3.05) is 0 Å². The summed E-state index contributed by atoms with van der Waals surface area (Å²) in [6, 6.07) is 4.50. The topological polar surface area (TPSA) is 38.0 Å². The van der Waals surface area contributed by atoms with E-state index in [1.807, 2.05) is 6.92 Å². The molecular weight excluding hydrogens is 203 g/mol. The SMILES string of the molecule is CCC(Cc1cc(F)ccc1Cl)NN. The molecule has 0 amide bonds. The van der Waals surface area contributed by atoms with Crippen molar-refractivity contribution in [1.82, 2.24) is 5.43 Å². The molecule has 0 saturated heterocycles. The van der Waals surface area contributed by atoms with Crippen molar-refractivity contribution in [3.8, 4) is 0 Å². The Morgan fingerprint density at radius 3 is 2.86 bits per heavy atom. The summed E-state index contributed by atoms with van der Waals surface area (Å²) in [5.41, 5.74) is 3.45. The third-order valence-corrected chi connectivity index (χ3v) is 2.57. The summed E-state index contributed by atoms with van der Waals surface area (Å²) in [5.74, 6) is 5.07. The maximum absolute atomic E-state index is 12.9. The molecule has 0 fully saturated rings. The summed E-state index contributed by atoms with van der Waals surface area (Å²) in [4.78, 5) is 0. The summed E-state index contributed by atoms with van der Waals surface area (Å²) in [7, 11) is 0. The van der Waals surface area contributed by atoms with Crippen LogP contribution in [0.15, 0.2) is 18.2 Å². The van der Waals surface area contributed by atoms with Gasteiger partial charge in [-0.1, -0.05) is 18.5 Å². The molecule has 0 heterocycles. The number of rotatable bonds is 4. The minimum absolute atomic E-state index is 0.134.